The average Bonchev–Trinajstić information content (AvgIpc) is 2.94. The van der Waals surface area contributed by atoms with Gasteiger partial charge < -0.3 is 15.2 Å². The molecule has 1 unspecified atom stereocenters. The third-order valence-electron chi connectivity index (χ3n) is 6.64. The van der Waals surface area contributed by atoms with E-state index in [9.17, 15) is 4.79 Å². The van der Waals surface area contributed by atoms with E-state index in [-0.39, 0.29) is 5.56 Å². The highest BCUT2D eigenvalue weighted by atomic mass is 16.1. The molecule has 2 N–H and O–H groups in total. The van der Waals surface area contributed by atoms with E-state index in [2.05, 4.69) is 98.0 Å². The SMILES string of the molecule is C=c1[nH]c(=O)c2ccc(C(/C=C\C(C)CC)=C/C)cc2/c1=C/Nc1ccc(N(CCC)CCC)cc1.CC. The van der Waals surface area contributed by atoms with Gasteiger partial charge in [-0.1, -0.05) is 78.8 Å². The van der Waals surface area contributed by atoms with Crippen molar-refractivity contribution in [3.05, 3.63) is 87.2 Å². The minimum atomic E-state index is -0.118. The van der Waals surface area contributed by atoms with Gasteiger partial charge in [-0.05, 0) is 78.6 Å². The lowest BCUT2D eigenvalue weighted by Crippen LogP contribution is -2.34. The van der Waals surface area contributed by atoms with Gasteiger partial charge >= 0.3 is 0 Å². The number of H-pyrrole nitrogens is 1. The lowest BCUT2D eigenvalue weighted by atomic mass is 9.99. The Morgan fingerprint density at radius 2 is 1.68 bits per heavy atom. The van der Waals surface area contributed by atoms with Crippen molar-refractivity contribution in [2.75, 3.05) is 23.3 Å². The van der Waals surface area contributed by atoms with Gasteiger partial charge in [0.2, 0.25) is 0 Å². The molecule has 4 nitrogen and oxygen atoms in total. The predicted molar refractivity (Wildman–Crippen MR) is 170 cm³/mol. The Kier molecular flexibility index (Phi) is 12.6. The number of pyridine rings is 1. The molecule has 38 heavy (non-hydrogen) atoms. The Morgan fingerprint density at radius 3 is 2.26 bits per heavy atom. The Morgan fingerprint density at radius 1 is 1.03 bits per heavy atom. The lowest BCUT2D eigenvalue weighted by Gasteiger charge is -2.23. The highest BCUT2D eigenvalue weighted by molar-refractivity contribution is 5.88. The van der Waals surface area contributed by atoms with Crippen LogP contribution in [0.1, 0.15) is 73.3 Å². The summed E-state index contributed by atoms with van der Waals surface area (Å²) in [5, 5.41) is 6.45. The van der Waals surface area contributed by atoms with E-state index in [1.54, 1.807) is 0 Å². The molecule has 0 bridgehead atoms. The van der Waals surface area contributed by atoms with E-state index < -0.39 is 0 Å². The maximum absolute atomic E-state index is 12.7. The van der Waals surface area contributed by atoms with Gasteiger partial charge in [0.1, 0.15) is 0 Å². The van der Waals surface area contributed by atoms with Gasteiger partial charge in [0.15, 0.2) is 0 Å². The fourth-order valence-corrected chi connectivity index (χ4v) is 4.34. The van der Waals surface area contributed by atoms with Gasteiger partial charge in [-0.2, -0.15) is 0 Å². The van der Waals surface area contributed by atoms with Crippen molar-refractivity contribution in [1.82, 2.24) is 4.98 Å². The molecular formula is C34H47N3O. The summed E-state index contributed by atoms with van der Waals surface area (Å²) in [6.07, 6.45) is 11.8. The molecule has 204 valence electrons. The number of nitrogens with zero attached hydrogens (tertiary/aromatic N) is 1. The van der Waals surface area contributed by atoms with E-state index in [1.807, 2.05) is 39.1 Å². The zero-order valence-corrected chi connectivity index (χ0v) is 24.5. The van der Waals surface area contributed by atoms with Crippen LogP contribution in [0.15, 0.2) is 65.5 Å². The van der Waals surface area contributed by atoms with E-state index in [0.717, 1.165) is 59.8 Å². The standard InChI is InChI=1S/C32H41N3O.C2H6/c1-7-19-35(20-8-2)28-16-14-27(15-17-28)33-22-31-24(6)34-32(36)29-18-13-26(21-30(29)31)25(10-4)12-11-23(5)9-3;1-2/h10-18,21-23,33H,6-9,19-20H2,1-5H3,(H,34,36);1-2H3/b12-11-,25-10+,31-22+;. The zero-order valence-electron chi connectivity index (χ0n) is 24.5. The van der Waals surface area contributed by atoms with Gasteiger partial charge in [-0.15, -0.1) is 0 Å². The second-order valence-electron chi connectivity index (χ2n) is 9.42. The minimum absolute atomic E-state index is 0.118. The number of allylic oxidation sites excluding steroid dienone is 4. The molecule has 1 atom stereocenters. The van der Waals surface area contributed by atoms with Gasteiger partial charge in [0.25, 0.3) is 5.56 Å². The maximum Gasteiger partial charge on any atom is 0.256 e. The monoisotopic (exact) mass is 513 g/mol. The number of nitrogens with one attached hydrogen (secondary N) is 2. The highest BCUT2D eigenvalue weighted by Crippen LogP contribution is 2.21. The van der Waals surface area contributed by atoms with Crippen LogP contribution in [0.5, 0.6) is 0 Å². The van der Waals surface area contributed by atoms with Crippen molar-refractivity contribution in [2.45, 2.75) is 67.7 Å². The van der Waals surface area contributed by atoms with Gasteiger partial charge in [0.05, 0.1) is 0 Å². The van der Waals surface area contributed by atoms with Crippen LogP contribution in [0.3, 0.4) is 0 Å². The second kappa shape index (κ2) is 15.7. The highest BCUT2D eigenvalue weighted by Gasteiger charge is 2.07. The van der Waals surface area contributed by atoms with Crippen molar-refractivity contribution in [2.24, 2.45) is 5.92 Å². The summed E-state index contributed by atoms with van der Waals surface area (Å²) in [7, 11) is 0. The summed E-state index contributed by atoms with van der Waals surface area (Å²) < 4.78 is 0. The molecule has 0 aliphatic rings. The third-order valence-corrected chi connectivity index (χ3v) is 6.64. The molecule has 1 heterocycles. The van der Waals surface area contributed by atoms with Crippen molar-refractivity contribution in [1.29, 1.82) is 0 Å². The Labute approximate surface area is 229 Å². The minimum Gasteiger partial charge on any atom is -0.372 e. The number of hydrogen-bond donors (Lipinski definition) is 2. The summed E-state index contributed by atoms with van der Waals surface area (Å²) in [6.45, 7) is 21.1. The number of rotatable bonds is 11. The van der Waals surface area contributed by atoms with Crippen molar-refractivity contribution < 1.29 is 0 Å². The smallest absolute Gasteiger partial charge is 0.256 e. The first kappa shape index (κ1) is 30.7. The lowest BCUT2D eigenvalue weighted by molar-refractivity contribution is 0.698. The average molecular weight is 514 g/mol. The van der Waals surface area contributed by atoms with Crippen LogP contribution in [-0.4, -0.2) is 18.1 Å². The molecule has 0 amide bonds. The molecule has 0 spiro atoms. The third kappa shape index (κ3) is 7.98. The molecule has 0 radical (unpaired) electrons. The van der Waals surface area contributed by atoms with Gasteiger partial charge in [-0.25, -0.2) is 0 Å². The molecule has 0 saturated heterocycles. The Hall–Kier alpha value is -3.53. The molecule has 2 aromatic carbocycles. The van der Waals surface area contributed by atoms with Crippen LogP contribution in [0.25, 0.3) is 29.1 Å². The molecular weight excluding hydrogens is 466 g/mol. The number of aromatic amines is 1. The first-order valence-corrected chi connectivity index (χ1v) is 14.2. The molecule has 4 heteroatoms. The first-order valence-electron chi connectivity index (χ1n) is 14.2. The van der Waals surface area contributed by atoms with Crippen LogP contribution in [-0.2, 0) is 0 Å². The van der Waals surface area contributed by atoms with Crippen LogP contribution < -0.4 is 26.3 Å². The molecule has 0 saturated carbocycles. The summed E-state index contributed by atoms with van der Waals surface area (Å²) in [4.78, 5) is 18.0. The van der Waals surface area contributed by atoms with E-state index in [0.29, 0.717) is 16.7 Å². The topological polar surface area (TPSA) is 48.1 Å². The predicted octanol–water partition coefficient (Wildman–Crippen LogP) is 7.45. The van der Waals surface area contributed by atoms with Crippen LogP contribution in [0.2, 0.25) is 0 Å². The number of hydrogen-bond acceptors (Lipinski definition) is 3. The quantitative estimate of drug-likeness (QED) is 0.262. The summed E-state index contributed by atoms with van der Waals surface area (Å²) in [6, 6.07) is 14.6. The van der Waals surface area contributed by atoms with E-state index in [1.165, 1.54) is 5.69 Å². The van der Waals surface area contributed by atoms with Crippen molar-refractivity contribution in [3.8, 4) is 0 Å². The molecule has 0 aliphatic carbocycles. The number of anilines is 2. The number of aromatic nitrogens is 1. The molecule has 1 aromatic heterocycles. The molecule has 0 fully saturated rings. The fraction of sp³-hybridized carbons (Fsp3) is 0.382. The largest absolute Gasteiger partial charge is 0.372 e. The summed E-state index contributed by atoms with van der Waals surface area (Å²) in [5.41, 5.74) is 4.34. The Balaban J connectivity index is 0.00000247. The summed E-state index contributed by atoms with van der Waals surface area (Å²) >= 11 is 0. The number of benzene rings is 2. The zero-order chi connectivity index (χ0) is 28.1. The van der Waals surface area contributed by atoms with Crippen molar-refractivity contribution >= 4 is 40.5 Å². The van der Waals surface area contributed by atoms with E-state index in [4.69, 9.17) is 0 Å². The van der Waals surface area contributed by atoms with Crippen LogP contribution in [0.4, 0.5) is 11.4 Å². The molecule has 3 aromatic rings. The van der Waals surface area contributed by atoms with Crippen LogP contribution >= 0.6 is 0 Å². The fourth-order valence-electron chi connectivity index (χ4n) is 4.34. The maximum atomic E-state index is 12.7. The van der Waals surface area contributed by atoms with Gasteiger partial charge in [-0.3, -0.25) is 4.79 Å². The van der Waals surface area contributed by atoms with E-state index >= 15 is 0 Å². The van der Waals surface area contributed by atoms with Gasteiger partial charge in [0, 0.05) is 46.6 Å². The van der Waals surface area contributed by atoms with Crippen molar-refractivity contribution in [3.63, 3.8) is 0 Å². The normalized spacial score (nSPS) is 12.9. The summed E-state index contributed by atoms with van der Waals surface area (Å²) in [5.74, 6) is 0.519. The second-order valence-corrected chi connectivity index (χ2v) is 9.42. The Bertz CT molecular complexity index is 1370. The van der Waals surface area contributed by atoms with Crippen LogP contribution in [0, 0.1) is 5.92 Å². The molecule has 0 aliphatic heterocycles. The molecule has 3 rings (SSSR count). The number of fused-ring (bicyclic) bond motifs is 1. The first-order chi connectivity index (χ1) is 18.4.